The lowest BCUT2D eigenvalue weighted by atomic mass is 10.1. The van der Waals surface area contributed by atoms with E-state index in [-0.39, 0.29) is 19.2 Å². The van der Waals surface area contributed by atoms with E-state index in [9.17, 15) is 9.59 Å². The number of aromatic amines is 1. The zero-order chi connectivity index (χ0) is 19.1. The summed E-state index contributed by atoms with van der Waals surface area (Å²) in [5.41, 5.74) is 8.91. The van der Waals surface area contributed by atoms with Crippen molar-refractivity contribution in [2.45, 2.75) is 46.7 Å². The Hall–Kier alpha value is -2.58. The molecule has 3 aliphatic rings. The van der Waals surface area contributed by atoms with E-state index in [1.807, 2.05) is 24.5 Å². The molecule has 3 heterocycles. The number of benzene rings is 1. The highest BCUT2D eigenvalue weighted by Gasteiger charge is 2.21. The summed E-state index contributed by atoms with van der Waals surface area (Å²) in [6, 6.07) is 4.31. The van der Waals surface area contributed by atoms with Crippen LogP contribution in [0.4, 0.5) is 0 Å². The van der Waals surface area contributed by atoms with E-state index in [1.54, 1.807) is 0 Å². The van der Waals surface area contributed by atoms with E-state index >= 15 is 0 Å². The first-order valence-electron chi connectivity index (χ1n) is 9.32. The lowest BCUT2D eigenvalue weighted by Gasteiger charge is -2.30. The molecule has 0 bridgehead atoms. The van der Waals surface area contributed by atoms with Crippen LogP contribution in [-0.2, 0) is 6.54 Å². The zero-order valence-electron chi connectivity index (χ0n) is 15.7. The number of likely N-dealkylation sites (tertiary alicyclic amines) is 1. The van der Waals surface area contributed by atoms with Crippen molar-refractivity contribution in [3.63, 3.8) is 0 Å². The van der Waals surface area contributed by atoms with E-state index in [0.29, 0.717) is 12.4 Å². The van der Waals surface area contributed by atoms with E-state index < -0.39 is 11.2 Å². The topological polar surface area (TPSA) is 110 Å². The molecule has 0 saturated carbocycles. The molecular formula is C20H28N6O2. The van der Waals surface area contributed by atoms with Crippen LogP contribution in [0.15, 0.2) is 21.7 Å². The van der Waals surface area contributed by atoms with Gasteiger partial charge in [-0.05, 0) is 63.0 Å². The van der Waals surface area contributed by atoms with Crippen molar-refractivity contribution in [1.82, 2.24) is 24.4 Å². The van der Waals surface area contributed by atoms with E-state index in [0.717, 1.165) is 54.6 Å². The number of nitrogens with one attached hydrogen (secondary N) is 1. The van der Waals surface area contributed by atoms with E-state index in [1.165, 1.54) is 0 Å². The highest BCUT2D eigenvalue weighted by atomic mass is 16.2. The van der Waals surface area contributed by atoms with Crippen molar-refractivity contribution in [2.24, 2.45) is 5.73 Å². The largest absolute Gasteiger partial charge is 0.349 e. The third-order valence-electron chi connectivity index (χ3n) is 5.50. The van der Waals surface area contributed by atoms with Crippen molar-refractivity contribution in [3.05, 3.63) is 44.1 Å². The second-order valence-electron chi connectivity index (χ2n) is 7.41. The number of fused-ring (bicyclic) bond motifs is 2. The van der Waals surface area contributed by atoms with Crippen molar-refractivity contribution in [3.8, 4) is 11.5 Å². The molecule has 1 fully saturated rings. The van der Waals surface area contributed by atoms with E-state index in [4.69, 9.17) is 5.73 Å². The number of rotatable bonds is 3. The SMILES string of the molecule is C.Cc1cc2nc3c(=O)[nH]c(=O)nc-3n(CCN3CCC(N)CC3)c2cc1C. The van der Waals surface area contributed by atoms with Crippen LogP contribution in [0.5, 0.6) is 0 Å². The van der Waals surface area contributed by atoms with Crippen LogP contribution in [0.25, 0.3) is 22.6 Å². The van der Waals surface area contributed by atoms with Gasteiger partial charge < -0.3 is 15.2 Å². The van der Waals surface area contributed by atoms with Crippen LogP contribution >= 0.6 is 0 Å². The quantitative estimate of drug-likeness (QED) is 0.658. The molecule has 0 radical (unpaired) electrons. The first kappa shape index (κ1) is 20.2. The van der Waals surface area contributed by atoms with Gasteiger partial charge in [0.15, 0.2) is 11.5 Å². The molecule has 0 aliphatic carbocycles. The van der Waals surface area contributed by atoms with Gasteiger partial charge in [-0.25, -0.2) is 9.78 Å². The molecule has 1 saturated heterocycles. The van der Waals surface area contributed by atoms with Gasteiger partial charge in [0.25, 0.3) is 5.56 Å². The second kappa shape index (κ2) is 7.81. The molecule has 0 amide bonds. The van der Waals surface area contributed by atoms with Gasteiger partial charge in [-0.2, -0.15) is 4.98 Å². The molecule has 8 heteroatoms. The predicted molar refractivity (Wildman–Crippen MR) is 111 cm³/mol. The van der Waals surface area contributed by atoms with Crippen molar-refractivity contribution < 1.29 is 0 Å². The van der Waals surface area contributed by atoms with Crippen LogP contribution in [0.2, 0.25) is 0 Å². The number of nitrogens with two attached hydrogens (primary N) is 1. The van der Waals surface area contributed by atoms with Gasteiger partial charge in [0.2, 0.25) is 0 Å². The van der Waals surface area contributed by atoms with Crippen molar-refractivity contribution in [1.29, 1.82) is 0 Å². The summed E-state index contributed by atoms with van der Waals surface area (Å²) in [6.07, 6.45) is 1.98. The molecule has 0 atom stereocenters. The predicted octanol–water partition coefficient (Wildman–Crippen LogP) is 1.26. The van der Waals surface area contributed by atoms with Gasteiger partial charge in [0.1, 0.15) is 0 Å². The fraction of sp³-hybridized carbons (Fsp3) is 0.500. The highest BCUT2D eigenvalue weighted by Crippen LogP contribution is 2.24. The van der Waals surface area contributed by atoms with Crippen molar-refractivity contribution in [2.75, 3.05) is 19.6 Å². The Balaban J connectivity index is 0.00000225. The summed E-state index contributed by atoms with van der Waals surface area (Å²) < 4.78 is 1.95. The maximum atomic E-state index is 12.3. The Bertz CT molecular complexity index is 1080. The van der Waals surface area contributed by atoms with Crippen LogP contribution in [0.1, 0.15) is 31.4 Å². The van der Waals surface area contributed by atoms with Gasteiger partial charge in [-0.15, -0.1) is 0 Å². The maximum Gasteiger partial charge on any atom is 0.349 e. The molecular weight excluding hydrogens is 356 g/mol. The minimum Gasteiger partial charge on any atom is -0.328 e. The molecule has 3 aliphatic heterocycles. The number of hydrogen-bond donors (Lipinski definition) is 2. The monoisotopic (exact) mass is 384 g/mol. The molecule has 3 N–H and O–H groups in total. The van der Waals surface area contributed by atoms with Crippen LogP contribution in [0.3, 0.4) is 0 Å². The van der Waals surface area contributed by atoms with Gasteiger partial charge in [0.05, 0.1) is 11.0 Å². The van der Waals surface area contributed by atoms with Gasteiger partial charge in [-0.3, -0.25) is 9.78 Å². The summed E-state index contributed by atoms with van der Waals surface area (Å²) in [6.45, 7) is 7.42. The molecule has 4 rings (SSSR count). The average molecular weight is 384 g/mol. The Morgan fingerprint density at radius 2 is 1.79 bits per heavy atom. The van der Waals surface area contributed by atoms with Gasteiger partial charge in [-0.1, -0.05) is 7.43 Å². The molecule has 150 valence electrons. The first-order chi connectivity index (χ1) is 12.9. The summed E-state index contributed by atoms with van der Waals surface area (Å²) in [4.78, 5) is 37.3. The Labute approximate surface area is 163 Å². The van der Waals surface area contributed by atoms with Crippen LogP contribution in [0, 0.1) is 13.8 Å². The first-order valence-corrected chi connectivity index (χ1v) is 9.32. The third-order valence-corrected chi connectivity index (χ3v) is 5.50. The molecule has 0 spiro atoms. The number of hydrogen-bond acceptors (Lipinski definition) is 6. The van der Waals surface area contributed by atoms with Crippen LogP contribution < -0.4 is 17.0 Å². The number of aromatic nitrogens is 4. The average Bonchev–Trinajstić information content (AvgIpc) is 2.62. The minimum atomic E-state index is -0.643. The van der Waals surface area contributed by atoms with Gasteiger partial charge >= 0.3 is 5.69 Å². The minimum absolute atomic E-state index is 0. The van der Waals surface area contributed by atoms with Crippen LogP contribution in [-0.4, -0.2) is 50.1 Å². The molecule has 1 aromatic rings. The maximum absolute atomic E-state index is 12.3. The third kappa shape index (κ3) is 3.70. The number of aryl methyl sites for hydroxylation is 2. The fourth-order valence-corrected chi connectivity index (χ4v) is 3.69. The summed E-state index contributed by atoms with van der Waals surface area (Å²) >= 11 is 0. The van der Waals surface area contributed by atoms with Crippen molar-refractivity contribution >= 4 is 11.0 Å². The summed E-state index contributed by atoms with van der Waals surface area (Å²) in [5, 5.41) is 0. The van der Waals surface area contributed by atoms with E-state index in [2.05, 4.69) is 25.9 Å². The normalized spacial score (nSPS) is 15.8. The smallest absolute Gasteiger partial charge is 0.328 e. The number of piperidine rings is 1. The molecule has 8 nitrogen and oxygen atoms in total. The standard InChI is InChI=1S/C19H24N6O2.CH4/c1-11-9-14-15(10-12(11)2)25(8-7-24-5-3-13(20)4-6-24)17-16(21-14)18(26)23-19(27)22-17;/h9-10,13H,3-8,20H2,1-2H3,(H,23,26,27);1H4. The van der Waals surface area contributed by atoms with Gasteiger partial charge in [0, 0.05) is 19.1 Å². The second-order valence-corrected chi connectivity index (χ2v) is 7.41. The summed E-state index contributed by atoms with van der Waals surface area (Å²) in [5.74, 6) is 0.341. The fourth-order valence-electron chi connectivity index (χ4n) is 3.69. The lowest BCUT2D eigenvalue weighted by molar-refractivity contribution is 0.207. The molecule has 28 heavy (non-hydrogen) atoms. The number of nitrogens with zero attached hydrogens (tertiary/aromatic N) is 4. The zero-order valence-corrected chi connectivity index (χ0v) is 15.7. The molecule has 0 aromatic heterocycles. The highest BCUT2D eigenvalue weighted by molar-refractivity contribution is 5.81. The summed E-state index contributed by atoms with van der Waals surface area (Å²) in [7, 11) is 0. The Morgan fingerprint density at radius 1 is 1.11 bits per heavy atom. The molecule has 0 unspecified atom stereocenters. The Kier molecular flexibility index (Phi) is 5.62. The molecule has 1 aromatic carbocycles. The lowest BCUT2D eigenvalue weighted by Crippen LogP contribution is -2.41. The number of H-pyrrole nitrogens is 1. The Morgan fingerprint density at radius 3 is 2.50 bits per heavy atom.